The van der Waals surface area contributed by atoms with Gasteiger partial charge >= 0.3 is 18.0 Å². The van der Waals surface area contributed by atoms with Crippen molar-refractivity contribution in [2.45, 2.75) is 82.3 Å². The fourth-order valence-corrected chi connectivity index (χ4v) is 6.44. The van der Waals surface area contributed by atoms with Crippen molar-refractivity contribution in [3.05, 3.63) is 46.8 Å². The molecule has 1 aliphatic heterocycles. The number of piperidine rings is 1. The molecule has 0 bridgehead atoms. The third-order valence-electron chi connectivity index (χ3n) is 8.45. The first-order valence-electron chi connectivity index (χ1n) is 15.5. The molecular weight excluding hydrogens is 593 g/mol. The van der Waals surface area contributed by atoms with Crippen LogP contribution in [0.25, 0.3) is 0 Å². The Kier molecular flexibility index (Phi) is 16.7. The molecule has 248 valence electrons. The van der Waals surface area contributed by atoms with E-state index >= 15 is 4.39 Å². The summed E-state index contributed by atoms with van der Waals surface area (Å²) in [5, 5.41) is 34.1. The SMILES string of the molecule is CNC[C@H](CC1CCCCC1)NC(=O)N1CCC[C@@H]([C@@](O)(CCCCOC)c2cccc(Cl)c2F)C1.O=C(O)/C=C/C(=O)O. The maximum Gasteiger partial charge on any atom is 0.328 e. The monoisotopic (exact) mass is 641 g/mol. The van der Waals surface area contributed by atoms with Crippen molar-refractivity contribution >= 4 is 29.6 Å². The fourth-order valence-electron chi connectivity index (χ4n) is 6.26. The molecule has 1 aromatic rings. The van der Waals surface area contributed by atoms with Gasteiger partial charge in [0.05, 0.1) is 10.6 Å². The summed E-state index contributed by atoms with van der Waals surface area (Å²) >= 11 is 6.10. The number of carboxylic acid groups (broad SMARTS) is 2. The first-order chi connectivity index (χ1) is 21.0. The number of ether oxygens (including phenoxy) is 1. The normalized spacial score (nSPS) is 19.5. The number of amides is 2. The Balaban J connectivity index is 0.000000742. The molecule has 5 N–H and O–H groups in total. The van der Waals surface area contributed by atoms with Crippen LogP contribution >= 0.6 is 11.6 Å². The fraction of sp³-hybridized carbons (Fsp3) is 0.656. The number of hydrogen-bond donors (Lipinski definition) is 5. The van der Waals surface area contributed by atoms with Gasteiger partial charge < -0.3 is 35.6 Å². The van der Waals surface area contributed by atoms with Gasteiger partial charge in [-0.3, -0.25) is 0 Å². The summed E-state index contributed by atoms with van der Waals surface area (Å²) in [7, 11) is 3.57. The average molecular weight is 642 g/mol. The zero-order valence-corrected chi connectivity index (χ0v) is 26.7. The zero-order valence-electron chi connectivity index (χ0n) is 25.9. The van der Waals surface area contributed by atoms with Gasteiger partial charge in [0.1, 0.15) is 5.82 Å². The maximum atomic E-state index is 15.1. The third-order valence-corrected chi connectivity index (χ3v) is 8.74. The lowest BCUT2D eigenvalue weighted by Crippen LogP contribution is -2.54. The van der Waals surface area contributed by atoms with Crippen molar-refractivity contribution in [2.24, 2.45) is 11.8 Å². The molecule has 2 fully saturated rings. The predicted octanol–water partition coefficient (Wildman–Crippen LogP) is 5.18. The highest BCUT2D eigenvalue weighted by Gasteiger charge is 2.43. The van der Waals surface area contributed by atoms with E-state index in [1.807, 2.05) is 7.05 Å². The van der Waals surface area contributed by atoms with Crippen molar-refractivity contribution in [3.63, 3.8) is 0 Å². The number of methoxy groups -OCH3 is 1. The number of unbranched alkanes of at least 4 members (excludes halogenated alkanes) is 1. The van der Waals surface area contributed by atoms with Crippen LogP contribution < -0.4 is 10.6 Å². The standard InChI is InChI=1S/C28H45ClFN3O3.C4H4O4/c1-31-19-23(18-21-10-4-3-5-11-21)32-27(34)33-16-9-12-22(20-33)28(35,15-6-7-17-36-2)24-13-8-14-25(29)26(24)30;5-3(6)1-2-4(7)8/h8,13-14,21-23,31,35H,3-7,9-12,15-20H2,1-2H3,(H,32,34);1-2H,(H,5,6)(H,7,8)/b;2-1+/t22-,23+,28+;/m1./s1. The van der Waals surface area contributed by atoms with Gasteiger partial charge in [0, 0.05) is 63.0 Å². The van der Waals surface area contributed by atoms with Crippen molar-refractivity contribution in [2.75, 3.05) is 40.4 Å². The number of rotatable bonds is 14. The van der Waals surface area contributed by atoms with Crippen molar-refractivity contribution in [3.8, 4) is 0 Å². The molecule has 0 spiro atoms. The highest BCUT2D eigenvalue weighted by molar-refractivity contribution is 6.30. The van der Waals surface area contributed by atoms with Crippen molar-refractivity contribution in [1.29, 1.82) is 0 Å². The van der Waals surface area contributed by atoms with Gasteiger partial charge in [-0.2, -0.15) is 0 Å². The summed E-state index contributed by atoms with van der Waals surface area (Å²) in [6.07, 6.45) is 11.8. The largest absolute Gasteiger partial charge is 0.478 e. The van der Waals surface area contributed by atoms with E-state index in [9.17, 15) is 19.5 Å². The summed E-state index contributed by atoms with van der Waals surface area (Å²) in [6.45, 7) is 2.34. The molecule has 0 aromatic heterocycles. The molecule has 1 heterocycles. The van der Waals surface area contributed by atoms with Crippen molar-refractivity contribution in [1.82, 2.24) is 15.5 Å². The summed E-state index contributed by atoms with van der Waals surface area (Å²) in [4.78, 5) is 34.3. The van der Waals surface area contributed by atoms with E-state index in [-0.39, 0.29) is 28.6 Å². The molecule has 2 amide bonds. The Hall–Kier alpha value is -2.73. The van der Waals surface area contributed by atoms with Gasteiger partial charge in [-0.1, -0.05) is 55.8 Å². The third kappa shape index (κ3) is 12.3. The molecule has 0 radical (unpaired) electrons. The number of carbonyl (C=O) groups excluding carboxylic acids is 1. The second-order valence-corrected chi connectivity index (χ2v) is 12.1. The summed E-state index contributed by atoms with van der Waals surface area (Å²) in [5.74, 6) is -2.71. The van der Waals surface area contributed by atoms with E-state index in [2.05, 4.69) is 10.6 Å². The molecule has 3 atom stereocenters. The van der Waals surface area contributed by atoms with Crippen LogP contribution in [0.2, 0.25) is 5.02 Å². The number of likely N-dealkylation sites (tertiary alicyclic amines) is 1. The number of hydrogen-bond acceptors (Lipinski definition) is 6. The molecular formula is C32H49ClFN3O7. The molecule has 44 heavy (non-hydrogen) atoms. The number of nitrogens with one attached hydrogen (secondary N) is 2. The average Bonchev–Trinajstić information content (AvgIpc) is 3.00. The van der Waals surface area contributed by atoms with Crippen molar-refractivity contribution < 1.29 is 38.8 Å². The number of likely N-dealkylation sites (N-methyl/N-ethyl adjacent to an activating group) is 1. The van der Waals surface area contributed by atoms with Gasteiger partial charge in [-0.25, -0.2) is 18.8 Å². The number of aliphatic hydroxyl groups is 1. The highest BCUT2D eigenvalue weighted by Crippen LogP contribution is 2.42. The molecule has 1 saturated heterocycles. The van der Waals surface area contributed by atoms with E-state index in [0.717, 1.165) is 32.2 Å². The lowest BCUT2D eigenvalue weighted by atomic mass is 9.74. The smallest absolute Gasteiger partial charge is 0.328 e. The van der Waals surface area contributed by atoms with Gasteiger partial charge in [-0.05, 0) is 57.6 Å². The second-order valence-electron chi connectivity index (χ2n) is 11.7. The molecule has 12 heteroatoms. The van der Waals surface area contributed by atoms with Crippen LogP contribution in [-0.2, 0) is 19.9 Å². The highest BCUT2D eigenvalue weighted by atomic mass is 35.5. The van der Waals surface area contributed by atoms with Crippen LogP contribution in [0.3, 0.4) is 0 Å². The predicted molar refractivity (Wildman–Crippen MR) is 167 cm³/mol. The van der Waals surface area contributed by atoms with Crippen LogP contribution in [0.15, 0.2) is 30.4 Å². The first-order valence-corrected chi connectivity index (χ1v) is 15.9. The van der Waals surface area contributed by atoms with Crippen LogP contribution in [0.5, 0.6) is 0 Å². The molecule has 1 aromatic carbocycles. The number of carbonyl (C=O) groups is 3. The number of nitrogens with zero attached hydrogens (tertiary/aromatic N) is 1. The minimum Gasteiger partial charge on any atom is -0.478 e. The Bertz CT molecular complexity index is 1070. The van der Waals surface area contributed by atoms with E-state index in [1.54, 1.807) is 24.1 Å². The molecule has 2 aliphatic rings. The number of aliphatic carboxylic acids is 2. The van der Waals surface area contributed by atoms with Gasteiger partial charge in [0.25, 0.3) is 0 Å². The summed E-state index contributed by atoms with van der Waals surface area (Å²) in [6, 6.07) is 4.79. The molecule has 0 unspecified atom stereocenters. The topological polar surface area (TPSA) is 148 Å². The maximum absolute atomic E-state index is 15.1. The second kappa shape index (κ2) is 19.6. The molecule has 1 aliphatic carbocycles. The van der Waals surface area contributed by atoms with Crippen LogP contribution in [0.1, 0.15) is 76.2 Å². The van der Waals surface area contributed by atoms with E-state index in [1.165, 1.54) is 38.2 Å². The summed E-state index contributed by atoms with van der Waals surface area (Å²) in [5.41, 5.74) is -1.18. The Morgan fingerprint density at radius 3 is 2.41 bits per heavy atom. The van der Waals surface area contributed by atoms with Gasteiger partial charge in [0.2, 0.25) is 0 Å². The minimum atomic E-state index is -1.41. The van der Waals surface area contributed by atoms with Crippen LogP contribution in [0.4, 0.5) is 9.18 Å². The summed E-state index contributed by atoms with van der Waals surface area (Å²) < 4.78 is 20.3. The van der Waals surface area contributed by atoms with Crippen LogP contribution in [-0.4, -0.2) is 84.6 Å². The Labute approximate surface area is 265 Å². The number of carboxylic acids is 2. The number of benzene rings is 1. The van der Waals surface area contributed by atoms with Gasteiger partial charge in [-0.15, -0.1) is 0 Å². The number of halogens is 2. The first kappa shape index (κ1) is 37.5. The van der Waals surface area contributed by atoms with Crippen LogP contribution in [0, 0.1) is 17.7 Å². The van der Waals surface area contributed by atoms with E-state index in [0.29, 0.717) is 50.6 Å². The molecule has 3 rings (SSSR count). The molecule has 10 nitrogen and oxygen atoms in total. The minimum absolute atomic E-state index is 0.00541. The quantitative estimate of drug-likeness (QED) is 0.138. The Morgan fingerprint density at radius 2 is 1.80 bits per heavy atom. The van der Waals surface area contributed by atoms with E-state index < -0.39 is 23.4 Å². The lowest BCUT2D eigenvalue weighted by Gasteiger charge is -2.43. The van der Waals surface area contributed by atoms with E-state index in [4.69, 9.17) is 26.6 Å². The molecule has 1 saturated carbocycles. The van der Waals surface area contributed by atoms with Gasteiger partial charge in [0.15, 0.2) is 0 Å². The lowest BCUT2D eigenvalue weighted by molar-refractivity contribution is -0.134. The zero-order chi connectivity index (χ0) is 32.5. The number of urea groups is 1. The Morgan fingerprint density at radius 1 is 1.11 bits per heavy atom.